The summed E-state index contributed by atoms with van der Waals surface area (Å²) in [5.41, 5.74) is 0. The number of carboxylic acid groups (broad SMARTS) is 1. The van der Waals surface area contributed by atoms with E-state index in [2.05, 4.69) is 20.1 Å². The molecule has 0 amide bonds. The van der Waals surface area contributed by atoms with Crippen LogP contribution in [-0.4, -0.2) is 45.1 Å². The number of carbonyl (C=O) groups is 1. The molecule has 1 fully saturated rings. The maximum absolute atomic E-state index is 10.6. The molecule has 0 atom stereocenters. The zero-order valence-electron chi connectivity index (χ0n) is 10.7. The second kappa shape index (κ2) is 5.78. The summed E-state index contributed by atoms with van der Waals surface area (Å²) in [4.78, 5) is 8.90. The summed E-state index contributed by atoms with van der Waals surface area (Å²) in [7, 11) is 0. The first-order valence-corrected chi connectivity index (χ1v) is 6.32. The van der Waals surface area contributed by atoms with Crippen molar-refractivity contribution >= 4 is 5.97 Å². The molecule has 0 unspecified atom stereocenters. The van der Waals surface area contributed by atoms with Crippen molar-refractivity contribution in [2.45, 2.75) is 37.9 Å². The van der Waals surface area contributed by atoms with Crippen molar-refractivity contribution in [3.05, 3.63) is 11.6 Å². The van der Waals surface area contributed by atoms with Gasteiger partial charge in [-0.2, -0.15) is 13.2 Å². The Labute approximate surface area is 113 Å². The van der Waals surface area contributed by atoms with E-state index in [4.69, 9.17) is 9.90 Å². The van der Waals surface area contributed by atoms with Gasteiger partial charge in [0.05, 0.1) is 0 Å². The zero-order valence-corrected chi connectivity index (χ0v) is 10.7. The highest BCUT2D eigenvalue weighted by Crippen LogP contribution is 2.22. The molecule has 1 aromatic rings. The summed E-state index contributed by atoms with van der Waals surface area (Å²) < 4.78 is 34.1. The first-order chi connectivity index (χ1) is 9.39. The van der Waals surface area contributed by atoms with E-state index in [0.717, 1.165) is 26.1 Å². The third-order valence-electron chi connectivity index (χ3n) is 3.28. The van der Waals surface area contributed by atoms with Crippen molar-refractivity contribution in [1.29, 1.82) is 0 Å². The number of hydrogen-bond donors (Lipinski definition) is 2. The highest BCUT2D eigenvalue weighted by Gasteiger charge is 2.38. The Kier molecular flexibility index (Phi) is 4.26. The molecule has 0 aromatic carbocycles. The van der Waals surface area contributed by atoms with Crippen molar-refractivity contribution in [3.8, 4) is 0 Å². The summed E-state index contributed by atoms with van der Waals surface area (Å²) in [5.74, 6) is 0.286. The molecule has 3 heterocycles. The van der Waals surface area contributed by atoms with E-state index in [9.17, 15) is 13.2 Å². The number of aliphatic carboxylic acids is 1. The number of nitrogens with zero attached hydrogens (tertiary/aromatic N) is 3. The van der Waals surface area contributed by atoms with E-state index in [1.807, 2.05) is 0 Å². The molecular weight excluding hydrogens is 277 g/mol. The molecule has 1 saturated heterocycles. The van der Waals surface area contributed by atoms with Crippen LogP contribution in [0.1, 0.15) is 30.4 Å². The number of alkyl halides is 3. The van der Waals surface area contributed by atoms with Crippen LogP contribution in [0.5, 0.6) is 0 Å². The van der Waals surface area contributed by atoms with Crippen LogP contribution in [0.3, 0.4) is 0 Å². The Hall–Kier alpha value is -1.64. The number of hydrogen-bond acceptors (Lipinski definition) is 4. The summed E-state index contributed by atoms with van der Waals surface area (Å²) >= 11 is 0. The summed E-state index contributed by atoms with van der Waals surface area (Å²) in [6.45, 7) is 3.30. The first-order valence-electron chi connectivity index (χ1n) is 6.32. The number of fused-ring (bicyclic) bond motifs is 1. The Balaban J connectivity index is 0.000000182. The van der Waals surface area contributed by atoms with Gasteiger partial charge in [-0.05, 0) is 12.8 Å². The predicted molar refractivity (Wildman–Crippen MR) is 62.3 cm³/mol. The Morgan fingerprint density at radius 1 is 1.30 bits per heavy atom. The Bertz CT molecular complexity index is 483. The summed E-state index contributed by atoms with van der Waals surface area (Å²) in [6.07, 6.45) is -1.40. The molecule has 3 rings (SSSR count). The largest absolute Gasteiger partial charge is 0.490 e. The quantitative estimate of drug-likeness (QED) is 0.805. The average Bonchev–Trinajstić information content (AvgIpc) is 2.71. The zero-order chi connectivity index (χ0) is 14.8. The molecule has 0 aliphatic carbocycles. The van der Waals surface area contributed by atoms with E-state index >= 15 is 0 Å². The van der Waals surface area contributed by atoms with Crippen LogP contribution >= 0.6 is 0 Å². The molecule has 0 spiro atoms. The molecule has 0 radical (unpaired) electrons. The SMILES string of the molecule is C1CCn2c(nnc2C2CNC2)C1.O=C(O)C(F)(F)F. The van der Waals surface area contributed by atoms with Crippen molar-refractivity contribution in [2.24, 2.45) is 0 Å². The minimum atomic E-state index is -5.08. The van der Waals surface area contributed by atoms with Crippen LogP contribution < -0.4 is 5.32 Å². The fourth-order valence-corrected chi connectivity index (χ4v) is 2.10. The molecule has 20 heavy (non-hydrogen) atoms. The lowest BCUT2D eigenvalue weighted by Gasteiger charge is -2.27. The van der Waals surface area contributed by atoms with E-state index in [1.165, 1.54) is 24.5 Å². The maximum Gasteiger partial charge on any atom is 0.490 e. The molecule has 0 saturated carbocycles. The minimum Gasteiger partial charge on any atom is -0.475 e. The second-order valence-electron chi connectivity index (χ2n) is 4.74. The van der Waals surface area contributed by atoms with Crippen molar-refractivity contribution < 1.29 is 23.1 Å². The number of carboxylic acids is 1. The van der Waals surface area contributed by atoms with Gasteiger partial charge in [-0.3, -0.25) is 0 Å². The maximum atomic E-state index is 10.6. The molecule has 1 aromatic heterocycles. The van der Waals surface area contributed by atoms with E-state index < -0.39 is 12.1 Å². The fraction of sp³-hybridized carbons (Fsp3) is 0.727. The number of aromatic nitrogens is 3. The van der Waals surface area contributed by atoms with Gasteiger partial charge in [-0.15, -0.1) is 10.2 Å². The molecule has 0 bridgehead atoms. The number of nitrogens with one attached hydrogen (secondary N) is 1. The number of aryl methyl sites for hydroxylation is 1. The van der Waals surface area contributed by atoms with Crippen LogP contribution in [0.15, 0.2) is 0 Å². The van der Waals surface area contributed by atoms with Gasteiger partial charge >= 0.3 is 12.1 Å². The molecule has 9 heteroatoms. The molecule has 2 aliphatic rings. The van der Waals surface area contributed by atoms with Gasteiger partial charge in [0.1, 0.15) is 11.6 Å². The molecule has 112 valence electrons. The predicted octanol–water partition coefficient (Wildman–Crippen LogP) is 0.934. The van der Waals surface area contributed by atoms with Crippen LogP contribution in [0.25, 0.3) is 0 Å². The highest BCUT2D eigenvalue weighted by molar-refractivity contribution is 5.73. The van der Waals surface area contributed by atoms with E-state index in [1.54, 1.807) is 0 Å². The van der Waals surface area contributed by atoms with Gasteiger partial charge in [-0.1, -0.05) is 0 Å². The van der Waals surface area contributed by atoms with Crippen LogP contribution in [0, 0.1) is 0 Å². The Morgan fingerprint density at radius 2 is 1.95 bits per heavy atom. The van der Waals surface area contributed by atoms with E-state index in [-0.39, 0.29) is 0 Å². The molecule has 2 aliphatic heterocycles. The van der Waals surface area contributed by atoms with Gasteiger partial charge in [0.25, 0.3) is 0 Å². The fourth-order valence-electron chi connectivity index (χ4n) is 2.10. The third-order valence-corrected chi connectivity index (χ3v) is 3.28. The molecular formula is C11H15F3N4O2. The second-order valence-corrected chi connectivity index (χ2v) is 4.74. The normalized spacial score (nSPS) is 18.6. The molecule has 2 N–H and O–H groups in total. The van der Waals surface area contributed by atoms with Gasteiger partial charge in [0.15, 0.2) is 0 Å². The van der Waals surface area contributed by atoms with Crippen LogP contribution in [-0.2, 0) is 17.8 Å². The lowest BCUT2D eigenvalue weighted by atomic mass is 10.0. The molecule has 6 nitrogen and oxygen atoms in total. The highest BCUT2D eigenvalue weighted by atomic mass is 19.4. The van der Waals surface area contributed by atoms with Crippen LogP contribution in [0.2, 0.25) is 0 Å². The lowest BCUT2D eigenvalue weighted by Crippen LogP contribution is -2.41. The van der Waals surface area contributed by atoms with Crippen molar-refractivity contribution in [3.63, 3.8) is 0 Å². The van der Waals surface area contributed by atoms with Gasteiger partial charge in [0.2, 0.25) is 0 Å². The topological polar surface area (TPSA) is 80.0 Å². The first kappa shape index (κ1) is 14.8. The standard InChI is InChI=1S/C9H14N4.C2HF3O2/c1-2-4-13-8(3-1)11-12-9(13)7-5-10-6-7;3-2(4,5)1(6)7/h7,10H,1-6H2;(H,6,7). The van der Waals surface area contributed by atoms with Crippen molar-refractivity contribution in [1.82, 2.24) is 20.1 Å². The summed E-state index contributed by atoms with van der Waals surface area (Å²) in [6, 6.07) is 0. The average molecular weight is 292 g/mol. The smallest absolute Gasteiger partial charge is 0.475 e. The minimum absolute atomic E-state index is 0.624. The summed E-state index contributed by atoms with van der Waals surface area (Å²) in [5, 5.41) is 18.9. The number of rotatable bonds is 1. The van der Waals surface area contributed by atoms with E-state index in [0.29, 0.717) is 5.92 Å². The van der Waals surface area contributed by atoms with Gasteiger partial charge in [0, 0.05) is 32.0 Å². The monoisotopic (exact) mass is 292 g/mol. The van der Waals surface area contributed by atoms with Crippen LogP contribution in [0.4, 0.5) is 13.2 Å². The van der Waals surface area contributed by atoms with Gasteiger partial charge in [-0.25, -0.2) is 4.79 Å². The third kappa shape index (κ3) is 3.27. The van der Waals surface area contributed by atoms with Crippen molar-refractivity contribution in [2.75, 3.05) is 13.1 Å². The Morgan fingerprint density at radius 3 is 2.45 bits per heavy atom. The number of halogens is 3. The van der Waals surface area contributed by atoms with Gasteiger partial charge < -0.3 is 15.0 Å². The lowest BCUT2D eigenvalue weighted by molar-refractivity contribution is -0.192.